The van der Waals surface area contributed by atoms with Crippen LogP contribution in [0.15, 0.2) is 23.8 Å². The van der Waals surface area contributed by atoms with E-state index in [1.807, 2.05) is 0 Å². The highest BCUT2D eigenvalue weighted by Crippen LogP contribution is 2.18. The summed E-state index contributed by atoms with van der Waals surface area (Å²) < 4.78 is 2.88. The number of hydrogen-bond acceptors (Lipinski definition) is 2. The molecule has 0 saturated carbocycles. The summed E-state index contributed by atoms with van der Waals surface area (Å²) in [6.07, 6.45) is 15.9. The fourth-order valence-corrected chi connectivity index (χ4v) is 1.93. The van der Waals surface area contributed by atoms with Crippen LogP contribution in [0.1, 0.15) is 44.9 Å². The lowest BCUT2D eigenvalue weighted by Crippen LogP contribution is -2.00. The normalized spacial score (nSPS) is 15.6. The topological polar surface area (TPSA) is 12.0 Å². The van der Waals surface area contributed by atoms with Gasteiger partial charge in [-0.2, -0.15) is 0 Å². The Labute approximate surface area is 93.2 Å². The van der Waals surface area contributed by atoms with Crippen LogP contribution in [0.3, 0.4) is 0 Å². The molecule has 0 atom stereocenters. The Morgan fingerprint density at radius 3 is 2.79 bits per heavy atom. The van der Waals surface area contributed by atoms with Gasteiger partial charge in [-0.1, -0.05) is 49.5 Å². The molecule has 0 aromatic carbocycles. The summed E-state index contributed by atoms with van der Waals surface area (Å²) in [5.74, 6) is 0. The molecule has 0 fully saturated rings. The van der Waals surface area contributed by atoms with Crippen LogP contribution in [0.4, 0.5) is 0 Å². The molecule has 0 bridgehead atoms. The Balaban J connectivity index is 1.93. The van der Waals surface area contributed by atoms with Crippen molar-refractivity contribution in [3.05, 3.63) is 23.8 Å². The number of allylic oxidation sites excluding steroid dienone is 4. The molecule has 0 heterocycles. The first-order valence-electron chi connectivity index (χ1n) is 5.65. The molecule has 0 unspecified atom stereocenters. The molecule has 1 nitrogen and oxygen atoms in total. The lowest BCUT2D eigenvalue weighted by atomic mass is 9.99. The van der Waals surface area contributed by atoms with Crippen molar-refractivity contribution in [2.45, 2.75) is 44.9 Å². The average molecular weight is 211 g/mol. The third-order valence-corrected chi connectivity index (χ3v) is 2.86. The highest BCUT2D eigenvalue weighted by atomic mass is 32.1. The van der Waals surface area contributed by atoms with E-state index in [1.165, 1.54) is 44.9 Å². The SMILES string of the molecule is SNCCCCCCC1=CC=CCC1. The first-order chi connectivity index (χ1) is 6.93. The van der Waals surface area contributed by atoms with E-state index in [0.29, 0.717) is 0 Å². The van der Waals surface area contributed by atoms with Gasteiger partial charge in [-0.25, -0.2) is 0 Å². The Morgan fingerprint density at radius 2 is 2.07 bits per heavy atom. The summed E-state index contributed by atoms with van der Waals surface area (Å²) in [7, 11) is 0. The average Bonchev–Trinajstić information content (AvgIpc) is 2.25. The number of nitrogens with one attached hydrogen (secondary N) is 1. The standard InChI is InChI=1S/C12H21NS/c14-13-11-7-2-1-4-8-12-9-5-3-6-10-12/h3,5,9,13-14H,1-2,4,6-8,10-11H2. The Morgan fingerprint density at radius 1 is 1.21 bits per heavy atom. The zero-order chi connectivity index (χ0) is 10.1. The monoisotopic (exact) mass is 211 g/mol. The lowest BCUT2D eigenvalue weighted by molar-refractivity contribution is 0.629. The third-order valence-electron chi connectivity index (χ3n) is 2.64. The molecule has 1 aliphatic rings. The summed E-state index contributed by atoms with van der Waals surface area (Å²) in [6, 6.07) is 0. The minimum absolute atomic E-state index is 1.04. The van der Waals surface area contributed by atoms with Crippen LogP contribution < -0.4 is 4.72 Å². The summed E-state index contributed by atoms with van der Waals surface area (Å²) in [5.41, 5.74) is 1.64. The van der Waals surface area contributed by atoms with Crippen molar-refractivity contribution in [2.75, 3.05) is 6.54 Å². The molecule has 1 aliphatic carbocycles. The fraction of sp³-hybridized carbons (Fsp3) is 0.667. The predicted octanol–water partition coefficient (Wildman–Crippen LogP) is 3.65. The van der Waals surface area contributed by atoms with Gasteiger partial charge in [-0.15, -0.1) is 0 Å². The van der Waals surface area contributed by atoms with Crippen LogP contribution in [0, 0.1) is 0 Å². The number of unbranched alkanes of at least 4 members (excludes halogenated alkanes) is 3. The van der Waals surface area contributed by atoms with E-state index >= 15 is 0 Å². The van der Waals surface area contributed by atoms with Gasteiger partial charge in [0, 0.05) is 6.54 Å². The smallest absolute Gasteiger partial charge is 0.00561 e. The largest absolute Gasteiger partial charge is 0.267 e. The summed E-state index contributed by atoms with van der Waals surface area (Å²) >= 11 is 3.96. The van der Waals surface area contributed by atoms with E-state index in [1.54, 1.807) is 5.57 Å². The van der Waals surface area contributed by atoms with Gasteiger partial charge in [0.15, 0.2) is 0 Å². The highest BCUT2D eigenvalue weighted by Gasteiger charge is 1.99. The maximum absolute atomic E-state index is 3.96. The van der Waals surface area contributed by atoms with Gasteiger partial charge in [0.25, 0.3) is 0 Å². The Hall–Kier alpha value is -0.210. The van der Waals surface area contributed by atoms with Crippen LogP contribution in [0.2, 0.25) is 0 Å². The zero-order valence-corrected chi connectivity index (χ0v) is 9.73. The fourth-order valence-electron chi connectivity index (χ4n) is 1.77. The second-order valence-electron chi connectivity index (χ2n) is 3.86. The zero-order valence-electron chi connectivity index (χ0n) is 8.84. The molecule has 14 heavy (non-hydrogen) atoms. The van der Waals surface area contributed by atoms with Gasteiger partial charge in [-0.3, -0.25) is 4.72 Å². The molecule has 0 spiro atoms. The molecule has 0 aliphatic heterocycles. The lowest BCUT2D eigenvalue weighted by Gasteiger charge is -2.08. The van der Waals surface area contributed by atoms with Crippen LogP contribution >= 0.6 is 12.8 Å². The number of hydrogen-bond donors (Lipinski definition) is 2. The van der Waals surface area contributed by atoms with Crippen molar-refractivity contribution in [3.8, 4) is 0 Å². The number of rotatable bonds is 7. The van der Waals surface area contributed by atoms with Crippen molar-refractivity contribution in [1.29, 1.82) is 0 Å². The van der Waals surface area contributed by atoms with E-state index in [9.17, 15) is 0 Å². The van der Waals surface area contributed by atoms with Crippen LogP contribution in [-0.2, 0) is 0 Å². The molecule has 1 N–H and O–H groups in total. The number of thiol groups is 1. The van der Waals surface area contributed by atoms with Gasteiger partial charge in [0.1, 0.15) is 0 Å². The van der Waals surface area contributed by atoms with Crippen molar-refractivity contribution >= 4 is 12.8 Å². The van der Waals surface area contributed by atoms with Crippen molar-refractivity contribution in [1.82, 2.24) is 4.72 Å². The van der Waals surface area contributed by atoms with Crippen molar-refractivity contribution in [2.24, 2.45) is 0 Å². The summed E-state index contributed by atoms with van der Waals surface area (Å²) in [5, 5.41) is 0. The predicted molar refractivity (Wildman–Crippen MR) is 66.5 cm³/mol. The quantitative estimate of drug-likeness (QED) is 0.484. The Bertz CT molecular complexity index is 196. The van der Waals surface area contributed by atoms with E-state index in [2.05, 4.69) is 35.8 Å². The molecule has 0 amide bonds. The second-order valence-corrected chi connectivity index (χ2v) is 4.18. The molecule has 0 aromatic rings. The second kappa shape index (κ2) is 8.13. The summed E-state index contributed by atoms with van der Waals surface area (Å²) in [4.78, 5) is 0. The van der Waals surface area contributed by atoms with Gasteiger partial charge in [0.2, 0.25) is 0 Å². The van der Waals surface area contributed by atoms with Crippen molar-refractivity contribution in [3.63, 3.8) is 0 Å². The van der Waals surface area contributed by atoms with E-state index in [0.717, 1.165) is 6.54 Å². The molecule has 1 rings (SSSR count). The van der Waals surface area contributed by atoms with Crippen LogP contribution in [-0.4, -0.2) is 6.54 Å². The minimum Gasteiger partial charge on any atom is -0.267 e. The molecule has 0 saturated heterocycles. The maximum Gasteiger partial charge on any atom is 0.00561 e. The van der Waals surface area contributed by atoms with Gasteiger partial charge < -0.3 is 0 Å². The van der Waals surface area contributed by atoms with Crippen LogP contribution in [0.5, 0.6) is 0 Å². The maximum atomic E-state index is 3.96. The van der Waals surface area contributed by atoms with E-state index < -0.39 is 0 Å². The van der Waals surface area contributed by atoms with Crippen molar-refractivity contribution < 1.29 is 0 Å². The minimum atomic E-state index is 1.04. The molecular weight excluding hydrogens is 190 g/mol. The molecule has 0 aromatic heterocycles. The highest BCUT2D eigenvalue weighted by molar-refractivity contribution is 7.78. The molecule has 2 heteroatoms. The first kappa shape index (κ1) is 11.9. The molecule has 80 valence electrons. The first-order valence-corrected chi connectivity index (χ1v) is 6.10. The van der Waals surface area contributed by atoms with E-state index in [4.69, 9.17) is 0 Å². The summed E-state index contributed by atoms with van der Waals surface area (Å²) in [6.45, 7) is 1.04. The van der Waals surface area contributed by atoms with Gasteiger partial charge in [-0.05, 0) is 32.1 Å². The molecular formula is C12H21NS. The van der Waals surface area contributed by atoms with E-state index in [-0.39, 0.29) is 0 Å². The van der Waals surface area contributed by atoms with Gasteiger partial charge in [0.05, 0.1) is 0 Å². The Kier molecular flexibility index (Phi) is 6.89. The third kappa shape index (κ3) is 5.51. The van der Waals surface area contributed by atoms with Crippen LogP contribution in [0.25, 0.3) is 0 Å². The molecule has 0 radical (unpaired) electrons. The van der Waals surface area contributed by atoms with Gasteiger partial charge >= 0.3 is 0 Å².